The van der Waals surface area contributed by atoms with Gasteiger partial charge in [-0.15, -0.1) is 11.3 Å². The number of halogens is 1. The van der Waals surface area contributed by atoms with Crippen LogP contribution in [0.4, 0.5) is 0 Å². The molecule has 0 aliphatic heterocycles. The Morgan fingerprint density at radius 2 is 1.71 bits per heavy atom. The van der Waals surface area contributed by atoms with Crippen LogP contribution in [0.5, 0.6) is 11.5 Å². The summed E-state index contributed by atoms with van der Waals surface area (Å²) in [5.41, 5.74) is -0.792. The second-order valence-corrected chi connectivity index (χ2v) is 16.5. The van der Waals surface area contributed by atoms with Crippen LogP contribution in [0.15, 0.2) is 96.7 Å². The molecule has 15 heteroatoms. The highest BCUT2D eigenvalue weighted by atomic mass is 35.5. The number of ether oxygens (including phenoxy) is 2. The summed E-state index contributed by atoms with van der Waals surface area (Å²) >= 11 is 7.34. The Labute approximate surface area is 309 Å². The maximum absolute atomic E-state index is 13.7. The van der Waals surface area contributed by atoms with Gasteiger partial charge < -0.3 is 28.7 Å². The minimum Gasteiger partial charge on any atom is -0.486 e. The Bertz CT molecular complexity index is 2200. The number of carboxylic acid groups (broad SMARTS) is 1. The third-order valence-electron chi connectivity index (χ3n) is 7.95. The van der Waals surface area contributed by atoms with Gasteiger partial charge in [0.15, 0.2) is 15.6 Å². The van der Waals surface area contributed by atoms with Gasteiger partial charge in [0.05, 0.1) is 22.8 Å². The number of thiazole rings is 1. The molecule has 5 aromatic rings. The molecule has 0 saturated carbocycles. The highest BCUT2D eigenvalue weighted by molar-refractivity contribution is 7.91. The van der Waals surface area contributed by atoms with E-state index in [0.717, 1.165) is 16.3 Å². The van der Waals surface area contributed by atoms with E-state index in [2.05, 4.69) is 31.1 Å². The molecule has 2 aromatic heterocycles. The minimum absolute atomic E-state index is 0.0181. The summed E-state index contributed by atoms with van der Waals surface area (Å²) in [5, 5.41) is 16.2. The first kappa shape index (κ1) is 38.3. The van der Waals surface area contributed by atoms with Gasteiger partial charge in [0.2, 0.25) is 0 Å². The molecule has 1 unspecified atom stereocenters. The summed E-state index contributed by atoms with van der Waals surface area (Å²) in [7, 11) is -3.52. The van der Waals surface area contributed by atoms with Crippen molar-refractivity contribution in [1.29, 1.82) is 0 Å². The number of carbonyl (C=O) groups excluding carboxylic acids is 1. The molecular weight excluding hydrogens is 732 g/mol. The molecule has 0 aliphatic carbocycles. The Balaban J connectivity index is 1.31. The van der Waals surface area contributed by atoms with Crippen molar-refractivity contribution < 1.29 is 41.4 Å². The molecule has 0 aliphatic rings. The largest absolute Gasteiger partial charge is 0.519 e. The lowest BCUT2D eigenvalue weighted by molar-refractivity contribution is -0.158. The zero-order valence-corrected chi connectivity index (χ0v) is 31.2. The highest BCUT2D eigenvalue weighted by Crippen LogP contribution is 2.27. The second kappa shape index (κ2) is 15.8. The molecule has 274 valence electrons. The molecule has 5 rings (SSSR count). The van der Waals surface area contributed by atoms with E-state index in [4.69, 9.17) is 29.9 Å². The second-order valence-electron chi connectivity index (χ2n) is 13.0. The molecule has 2 N–H and O–H groups in total. The molecule has 12 nitrogen and oxygen atoms in total. The van der Waals surface area contributed by atoms with E-state index in [1.807, 2.05) is 5.38 Å². The summed E-state index contributed by atoms with van der Waals surface area (Å²) in [6, 6.07) is 18.5. The smallest absolute Gasteiger partial charge is 0.486 e. The molecule has 1 atom stereocenters. The van der Waals surface area contributed by atoms with Crippen molar-refractivity contribution in [2.45, 2.75) is 69.6 Å². The van der Waals surface area contributed by atoms with E-state index in [1.54, 1.807) is 24.3 Å². The van der Waals surface area contributed by atoms with Gasteiger partial charge in [-0.25, -0.2) is 23.0 Å². The number of carbonyl (C=O) groups is 2. The lowest BCUT2D eigenvalue weighted by Crippen LogP contribution is -2.60. The molecule has 0 saturated heterocycles. The summed E-state index contributed by atoms with van der Waals surface area (Å²) in [6.45, 7) is 7.78. The van der Waals surface area contributed by atoms with Crippen LogP contribution in [0.25, 0.3) is 0 Å². The third-order valence-corrected chi connectivity index (χ3v) is 10.8. The van der Waals surface area contributed by atoms with Gasteiger partial charge in [-0.05, 0) is 79.9 Å². The number of rotatable bonds is 15. The summed E-state index contributed by atoms with van der Waals surface area (Å²) in [4.78, 5) is 43.3. The van der Waals surface area contributed by atoms with Crippen molar-refractivity contribution in [3.63, 3.8) is 0 Å². The number of hydrogen-bond acceptors (Lipinski definition) is 11. The van der Waals surface area contributed by atoms with Gasteiger partial charge in [0, 0.05) is 21.4 Å². The van der Waals surface area contributed by atoms with Crippen LogP contribution in [0.1, 0.15) is 65.3 Å². The fourth-order valence-electron chi connectivity index (χ4n) is 5.04. The van der Waals surface area contributed by atoms with Gasteiger partial charge in [0.25, 0.3) is 11.6 Å². The lowest BCUT2D eigenvalue weighted by Gasteiger charge is -2.30. The van der Waals surface area contributed by atoms with Crippen molar-refractivity contribution in [2.24, 2.45) is 0 Å². The van der Waals surface area contributed by atoms with Crippen molar-refractivity contribution in [1.82, 2.24) is 10.3 Å². The van der Waals surface area contributed by atoms with Crippen LogP contribution in [-0.2, 0) is 39.5 Å². The van der Waals surface area contributed by atoms with Gasteiger partial charge in [-0.2, -0.15) is 0 Å². The maximum Gasteiger partial charge on any atom is 0.519 e. The first-order chi connectivity index (χ1) is 24.5. The minimum atomic E-state index is -3.52. The number of benzene rings is 3. The molecule has 3 aromatic carbocycles. The van der Waals surface area contributed by atoms with E-state index < -0.39 is 39.7 Å². The summed E-state index contributed by atoms with van der Waals surface area (Å²) in [6.07, 6.45) is 0.127. The van der Waals surface area contributed by atoms with Gasteiger partial charge in [0.1, 0.15) is 28.9 Å². The predicted molar refractivity (Wildman–Crippen MR) is 194 cm³/mol. The number of nitrogens with one attached hydrogen (secondary N) is 1. The van der Waals surface area contributed by atoms with Crippen molar-refractivity contribution >= 4 is 44.7 Å². The monoisotopic (exact) mass is 768 g/mol. The molecule has 1 amide bonds. The SMILES string of the molecule is Cc1oc(=O)oc1CC(NC(=O)c1cccc(OCc2nc(C(C)(C)C)cs2)c1)(Oc1ccc(CCCS(=O)(=O)c2ccc(Cl)cc2)cc1)C(=O)O. The molecule has 0 radical (unpaired) electrons. The van der Waals surface area contributed by atoms with E-state index in [0.29, 0.717) is 23.6 Å². The van der Waals surface area contributed by atoms with Crippen LogP contribution in [0, 0.1) is 6.92 Å². The van der Waals surface area contributed by atoms with Gasteiger partial charge in [-0.3, -0.25) is 4.79 Å². The van der Waals surface area contributed by atoms with E-state index in [9.17, 15) is 27.9 Å². The fourth-order valence-corrected chi connectivity index (χ4v) is 7.41. The topological polar surface area (TPSA) is 175 Å². The molecule has 52 heavy (non-hydrogen) atoms. The Morgan fingerprint density at radius 3 is 2.33 bits per heavy atom. The molecule has 0 spiro atoms. The van der Waals surface area contributed by atoms with Crippen LogP contribution >= 0.6 is 22.9 Å². The number of carboxylic acids is 1. The standard InChI is InChI=1S/C37H37ClN2O10S2/c1-23-30(49-35(44)48-23)20-37(34(42)43,40-33(41)25-8-5-9-28(19-25)47-21-32-39-31(22-51-32)36(2,3)4)50-27-14-10-24(11-15-27)7-6-18-52(45,46)29-16-12-26(38)13-17-29/h5,8-17,19,22H,6-7,18,20-21H2,1-4H3,(H,40,41)(H,42,43). The first-order valence-electron chi connectivity index (χ1n) is 16.1. The number of nitrogens with zero attached hydrogens (tertiary/aromatic N) is 1. The van der Waals surface area contributed by atoms with E-state index >= 15 is 0 Å². The molecular formula is C37H37ClN2O10S2. The Kier molecular flexibility index (Phi) is 11.6. The maximum atomic E-state index is 13.7. The highest BCUT2D eigenvalue weighted by Gasteiger charge is 2.45. The molecule has 0 bridgehead atoms. The van der Waals surface area contributed by atoms with Crippen molar-refractivity contribution in [3.05, 3.63) is 127 Å². The van der Waals surface area contributed by atoms with E-state index in [-0.39, 0.29) is 45.5 Å². The van der Waals surface area contributed by atoms with E-state index in [1.165, 1.54) is 66.8 Å². The van der Waals surface area contributed by atoms with Crippen LogP contribution in [0.3, 0.4) is 0 Å². The zero-order chi connectivity index (χ0) is 37.7. The van der Waals surface area contributed by atoms with Gasteiger partial charge >= 0.3 is 11.8 Å². The Morgan fingerprint density at radius 1 is 1.00 bits per heavy atom. The predicted octanol–water partition coefficient (Wildman–Crippen LogP) is 6.77. The normalized spacial score (nSPS) is 12.9. The average Bonchev–Trinajstić information content (AvgIpc) is 3.70. The van der Waals surface area contributed by atoms with Gasteiger partial charge in [-0.1, -0.05) is 50.6 Å². The quantitative estimate of drug-likeness (QED) is 0.108. The van der Waals surface area contributed by atoms with Crippen LogP contribution in [0.2, 0.25) is 5.02 Å². The first-order valence-corrected chi connectivity index (χ1v) is 19.0. The number of aryl methyl sites for hydroxylation is 2. The zero-order valence-electron chi connectivity index (χ0n) is 28.8. The summed E-state index contributed by atoms with van der Waals surface area (Å²) in [5.74, 6) is -3.21. The number of hydrogen-bond donors (Lipinski definition) is 2. The van der Waals surface area contributed by atoms with Crippen molar-refractivity contribution in [3.8, 4) is 11.5 Å². The third kappa shape index (κ3) is 9.69. The number of amides is 1. The number of aromatic nitrogens is 1. The summed E-state index contributed by atoms with van der Waals surface area (Å²) < 4.78 is 47.4. The van der Waals surface area contributed by atoms with Crippen LogP contribution < -0.4 is 20.6 Å². The fraction of sp³-hybridized carbons (Fsp3) is 0.297. The Hall–Kier alpha value is -4.92. The van der Waals surface area contributed by atoms with Crippen molar-refractivity contribution in [2.75, 3.05) is 5.75 Å². The number of aliphatic carboxylic acids is 1. The van der Waals surface area contributed by atoms with Crippen LogP contribution in [-0.4, -0.2) is 41.9 Å². The number of sulfone groups is 1. The average molecular weight is 769 g/mol. The molecule has 2 heterocycles. The lowest BCUT2D eigenvalue weighted by atomic mass is 9.93. The molecule has 0 fully saturated rings.